The first-order chi connectivity index (χ1) is 8.26. The van der Waals surface area contributed by atoms with Crippen molar-refractivity contribution in [1.29, 1.82) is 0 Å². The van der Waals surface area contributed by atoms with Gasteiger partial charge in [-0.25, -0.2) is 0 Å². The second-order valence-corrected chi connectivity index (χ2v) is 7.32. The van der Waals surface area contributed by atoms with E-state index in [1.165, 1.54) is 19.3 Å². The molecule has 0 aromatic heterocycles. The van der Waals surface area contributed by atoms with Crippen molar-refractivity contribution in [3.63, 3.8) is 0 Å². The molecule has 0 amide bonds. The van der Waals surface area contributed by atoms with Crippen LogP contribution < -0.4 is 0 Å². The molecule has 1 aliphatic rings. The number of Topliss-reactive ketones (excluding diaryl/α,β-unsaturated/α-hetero) is 1. The lowest BCUT2D eigenvalue weighted by atomic mass is 9.69. The van der Waals surface area contributed by atoms with Crippen LogP contribution in [0.15, 0.2) is 0 Å². The molecule has 0 saturated heterocycles. The quantitative estimate of drug-likeness (QED) is 0.755. The van der Waals surface area contributed by atoms with Crippen molar-refractivity contribution < 1.29 is 9.53 Å². The van der Waals surface area contributed by atoms with Gasteiger partial charge in [-0.3, -0.25) is 4.79 Å². The van der Waals surface area contributed by atoms with Crippen LogP contribution in [0.1, 0.15) is 60.3 Å². The van der Waals surface area contributed by atoms with Gasteiger partial charge < -0.3 is 4.74 Å². The molecule has 18 heavy (non-hydrogen) atoms. The zero-order valence-corrected chi connectivity index (χ0v) is 13.0. The second-order valence-electron chi connectivity index (χ2n) is 7.32. The zero-order chi connectivity index (χ0) is 13.9. The molecule has 1 rings (SSSR count). The van der Waals surface area contributed by atoms with Gasteiger partial charge in [0.2, 0.25) is 0 Å². The van der Waals surface area contributed by atoms with E-state index in [2.05, 4.69) is 34.6 Å². The average molecular weight is 254 g/mol. The van der Waals surface area contributed by atoms with Crippen molar-refractivity contribution in [3.8, 4) is 0 Å². The first-order valence-corrected chi connectivity index (χ1v) is 7.32. The third-order valence-corrected chi connectivity index (χ3v) is 4.26. The van der Waals surface area contributed by atoms with E-state index < -0.39 is 0 Å². The van der Waals surface area contributed by atoms with Crippen LogP contribution in [0.2, 0.25) is 0 Å². The molecule has 1 saturated carbocycles. The van der Waals surface area contributed by atoms with E-state index in [4.69, 9.17) is 4.74 Å². The Hall–Kier alpha value is -0.370. The van der Waals surface area contributed by atoms with Crippen molar-refractivity contribution in [2.45, 2.75) is 66.4 Å². The van der Waals surface area contributed by atoms with Crippen LogP contribution in [0.3, 0.4) is 0 Å². The molecule has 0 N–H and O–H groups in total. The highest BCUT2D eigenvalue weighted by Gasteiger charge is 2.38. The first kappa shape index (κ1) is 15.7. The summed E-state index contributed by atoms with van der Waals surface area (Å²) in [6, 6.07) is 0. The van der Waals surface area contributed by atoms with Gasteiger partial charge in [0.1, 0.15) is 6.10 Å². The van der Waals surface area contributed by atoms with Gasteiger partial charge in [0.15, 0.2) is 5.78 Å². The number of methoxy groups -OCH3 is 1. The van der Waals surface area contributed by atoms with Crippen LogP contribution in [0.4, 0.5) is 0 Å². The number of rotatable bonds is 4. The van der Waals surface area contributed by atoms with Crippen molar-refractivity contribution in [2.24, 2.45) is 23.2 Å². The standard InChI is InChI=1S/C16H30O2/c1-11-8-7-9-12(2)14(11)15(18-6)13(17)10-16(3,4)5/h11-12,14-15H,7-10H2,1-6H3. The summed E-state index contributed by atoms with van der Waals surface area (Å²) in [5.74, 6) is 1.89. The molecule has 0 aromatic rings. The Morgan fingerprint density at radius 2 is 1.72 bits per heavy atom. The number of carbonyl (C=O) groups excluding carboxylic acids is 1. The lowest BCUT2D eigenvalue weighted by molar-refractivity contribution is -0.138. The Balaban J connectivity index is 2.77. The molecule has 1 aliphatic carbocycles. The summed E-state index contributed by atoms with van der Waals surface area (Å²) in [6.45, 7) is 10.9. The zero-order valence-electron chi connectivity index (χ0n) is 13.0. The number of hydrogen-bond donors (Lipinski definition) is 0. The van der Waals surface area contributed by atoms with Crippen molar-refractivity contribution in [2.75, 3.05) is 7.11 Å². The first-order valence-electron chi connectivity index (χ1n) is 7.32. The van der Waals surface area contributed by atoms with E-state index in [-0.39, 0.29) is 17.3 Å². The fraction of sp³-hybridized carbons (Fsp3) is 0.938. The Morgan fingerprint density at radius 1 is 1.22 bits per heavy atom. The molecule has 3 atom stereocenters. The predicted octanol–water partition coefficient (Wildman–Crippen LogP) is 4.08. The van der Waals surface area contributed by atoms with Crippen LogP contribution in [-0.2, 0) is 9.53 Å². The minimum absolute atomic E-state index is 0.0506. The molecule has 3 unspecified atom stereocenters. The third kappa shape index (κ3) is 4.08. The van der Waals surface area contributed by atoms with E-state index in [1.54, 1.807) is 7.11 Å². The number of hydrogen-bond acceptors (Lipinski definition) is 2. The van der Waals surface area contributed by atoms with E-state index >= 15 is 0 Å². The molecular weight excluding hydrogens is 224 g/mol. The lowest BCUT2D eigenvalue weighted by Crippen LogP contribution is -2.42. The minimum Gasteiger partial charge on any atom is -0.373 e. The molecule has 0 bridgehead atoms. The molecule has 0 aromatic carbocycles. The van der Waals surface area contributed by atoms with Crippen LogP contribution >= 0.6 is 0 Å². The third-order valence-electron chi connectivity index (χ3n) is 4.26. The summed E-state index contributed by atoms with van der Waals surface area (Å²) < 4.78 is 5.59. The van der Waals surface area contributed by atoms with Gasteiger partial charge in [-0.15, -0.1) is 0 Å². The molecule has 2 nitrogen and oxygen atoms in total. The van der Waals surface area contributed by atoms with Crippen LogP contribution in [-0.4, -0.2) is 19.0 Å². The number of carbonyl (C=O) groups is 1. The fourth-order valence-electron chi connectivity index (χ4n) is 3.43. The van der Waals surface area contributed by atoms with E-state index in [1.807, 2.05) is 0 Å². The summed E-state index contributed by atoms with van der Waals surface area (Å²) >= 11 is 0. The number of ether oxygens (including phenoxy) is 1. The van der Waals surface area contributed by atoms with Gasteiger partial charge in [-0.1, -0.05) is 53.9 Å². The number of ketones is 1. The molecule has 106 valence electrons. The monoisotopic (exact) mass is 254 g/mol. The second kappa shape index (κ2) is 6.18. The lowest BCUT2D eigenvalue weighted by Gasteiger charge is -2.39. The largest absolute Gasteiger partial charge is 0.373 e. The highest BCUT2D eigenvalue weighted by molar-refractivity contribution is 5.84. The van der Waals surface area contributed by atoms with Gasteiger partial charge >= 0.3 is 0 Å². The smallest absolute Gasteiger partial charge is 0.162 e. The van der Waals surface area contributed by atoms with Gasteiger partial charge in [-0.05, 0) is 23.2 Å². The van der Waals surface area contributed by atoms with Crippen LogP contribution in [0, 0.1) is 23.2 Å². The highest BCUT2D eigenvalue weighted by Crippen LogP contribution is 2.38. The normalized spacial score (nSPS) is 31.1. The topological polar surface area (TPSA) is 26.3 Å². The minimum atomic E-state index is -0.200. The van der Waals surface area contributed by atoms with Crippen LogP contribution in [0.5, 0.6) is 0 Å². The molecule has 0 aliphatic heterocycles. The van der Waals surface area contributed by atoms with Crippen molar-refractivity contribution in [3.05, 3.63) is 0 Å². The molecule has 0 radical (unpaired) electrons. The molecule has 2 heteroatoms. The average Bonchev–Trinajstić information content (AvgIpc) is 2.20. The maximum absolute atomic E-state index is 12.5. The van der Waals surface area contributed by atoms with E-state index in [0.29, 0.717) is 24.2 Å². The molecule has 0 spiro atoms. The van der Waals surface area contributed by atoms with Crippen LogP contribution in [0.25, 0.3) is 0 Å². The van der Waals surface area contributed by atoms with Gasteiger partial charge in [0.05, 0.1) is 0 Å². The predicted molar refractivity (Wildman–Crippen MR) is 75.5 cm³/mol. The Morgan fingerprint density at radius 3 is 2.11 bits per heavy atom. The maximum atomic E-state index is 12.5. The fourth-order valence-corrected chi connectivity index (χ4v) is 3.43. The summed E-state index contributed by atoms with van der Waals surface area (Å²) in [5.41, 5.74) is 0.0506. The summed E-state index contributed by atoms with van der Waals surface area (Å²) in [7, 11) is 1.69. The van der Waals surface area contributed by atoms with Crippen molar-refractivity contribution >= 4 is 5.78 Å². The van der Waals surface area contributed by atoms with Crippen molar-refractivity contribution in [1.82, 2.24) is 0 Å². The molecule has 1 fully saturated rings. The Labute approximate surface area is 112 Å². The molecule has 0 heterocycles. The SMILES string of the molecule is COC(C(=O)CC(C)(C)C)C1C(C)CCCC1C. The highest BCUT2D eigenvalue weighted by atomic mass is 16.5. The van der Waals surface area contributed by atoms with E-state index in [9.17, 15) is 4.79 Å². The maximum Gasteiger partial charge on any atom is 0.162 e. The van der Waals surface area contributed by atoms with E-state index in [0.717, 1.165) is 0 Å². The van der Waals surface area contributed by atoms with Gasteiger partial charge in [-0.2, -0.15) is 0 Å². The van der Waals surface area contributed by atoms with Gasteiger partial charge in [0, 0.05) is 13.5 Å². The molecular formula is C16H30O2. The Kier molecular flexibility index (Phi) is 5.39. The summed E-state index contributed by atoms with van der Waals surface area (Å²) in [6.07, 6.45) is 4.17. The summed E-state index contributed by atoms with van der Waals surface area (Å²) in [5, 5.41) is 0. The Bertz CT molecular complexity index is 267. The van der Waals surface area contributed by atoms with Gasteiger partial charge in [0.25, 0.3) is 0 Å². The summed E-state index contributed by atoms with van der Waals surface area (Å²) in [4.78, 5) is 12.5.